The largest absolute Gasteiger partial charge is 0.327 e. The van der Waals surface area contributed by atoms with Crippen LogP contribution in [-0.4, -0.2) is 55.1 Å². The summed E-state index contributed by atoms with van der Waals surface area (Å²) in [5, 5.41) is 0. The summed E-state index contributed by atoms with van der Waals surface area (Å²) in [5.41, 5.74) is 6.84. The van der Waals surface area contributed by atoms with Crippen molar-refractivity contribution in [3.8, 4) is 0 Å². The van der Waals surface area contributed by atoms with Gasteiger partial charge in [-0.15, -0.1) is 0 Å². The zero-order valence-corrected chi connectivity index (χ0v) is 12.7. The Morgan fingerprint density at radius 2 is 2.00 bits per heavy atom. The lowest BCUT2D eigenvalue weighted by molar-refractivity contribution is 0.0499. The van der Waals surface area contributed by atoms with E-state index in [1.165, 1.54) is 45.4 Å². The lowest BCUT2D eigenvalue weighted by atomic mass is 9.68. The summed E-state index contributed by atoms with van der Waals surface area (Å²) in [6, 6.07) is 1.05. The number of likely N-dealkylation sites (N-methyl/N-ethyl adjacent to an activating group) is 1. The topological polar surface area (TPSA) is 32.5 Å². The van der Waals surface area contributed by atoms with E-state index in [0.717, 1.165) is 0 Å². The van der Waals surface area contributed by atoms with Crippen LogP contribution in [0.3, 0.4) is 0 Å². The highest BCUT2D eigenvalue weighted by molar-refractivity contribution is 4.93. The molecule has 1 heterocycles. The van der Waals surface area contributed by atoms with E-state index in [1.54, 1.807) is 0 Å². The van der Waals surface area contributed by atoms with Gasteiger partial charge in [-0.1, -0.05) is 20.3 Å². The SMILES string of the molecule is CC1CN(C)CCN1CC1CCCC(C)(C)C1N. The molecule has 0 radical (unpaired) electrons. The van der Waals surface area contributed by atoms with E-state index < -0.39 is 0 Å². The summed E-state index contributed by atoms with van der Waals surface area (Å²) in [6.07, 6.45) is 3.97. The number of rotatable bonds is 2. The standard InChI is InChI=1S/C15H31N3/c1-12-10-17(4)8-9-18(12)11-13-6-5-7-15(2,3)14(13)16/h12-14H,5-11,16H2,1-4H3. The Bertz CT molecular complexity index is 277. The van der Waals surface area contributed by atoms with Crippen LogP contribution < -0.4 is 5.73 Å². The molecule has 3 nitrogen and oxygen atoms in total. The molecule has 0 spiro atoms. The van der Waals surface area contributed by atoms with E-state index in [4.69, 9.17) is 5.73 Å². The molecule has 2 rings (SSSR count). The third-order valence-corrected chi connectivity index (χ3v) is 5.24. The Balaban J connectivity index is 1.92. The average Bonchev–Trinajstić information content (AvgIpc) is 2.28. The van der Waals surface area contributed by atoms with Crippen molar-refractivity contribution in [1.82, 2.24) is 9.80 Å². The van der Waals surface area contributed by atoms with Gasteiger partial charge >= 0.3 is 0 Å². The Kier molecular flexibility index (Phi) is 4.35. The maximum absolute atomic E-state index is 6.51. The number of hydrogen-bond acceptors (Lipinski definition) is 3. The molecule has 0 aromatic rings. The van der Waals surface area contributed by atoms with Crippen LogP contribution in [0, 0.1) is 11.3 Å². The van der Waals surface area contributed by atoms with Crippen molar-refractivity contribution < 1.29 is 0 Å². The minimum absolute atomic E-state index is 0.332. The molecule has 1 aliphatic carbocycles. The second-order valence-corrected chi connectivity index (χ2v) is 7.27. The van der Waals surface area contributed by atoms with Crippen molar-refractivity contribution in [2.24, 2.45) is 17.1 Å². The fourth-order valence-corrected chi connectivity index (χ4v) is 3.76. The highest BCUT2D eigenvalue weighted by atomic mass is 15.3. The van der Waals surface area contributed by atoms with Crippen molar-refractivity contribution in [1.29, 1.82) is 0 Å². The number of nitrogens with two attached hydrogens (primary N) is 1. The maximum atomic E-state index is 6.51. The second kappa shape index (κ2) is 5.48. The molecule has 0 amide bonds. The summed E-state index contributed by atoms with van der Waals surface area (Å²) in [7, 11) is 2.23. The highest BCUT2D eigenvalue weighted by Gasteiger charge is 2.37. The van der Waals surface area contributed by atoms with Gasteiger partial charge in [-0.05, 0) is 38.1 Å². The molecule has 2 aliphatic rings. The van der Waals surface area contributed by atoms with E-state index in [-0.39, 0.29) is 0 Å². The summed E-state index contributed by atoms with van der Waals surface area (Å²) in [4.78, 5) is 5.10. The first kappa shape index (κ1) is 14.3. The number of hydrogen-bond donors (Lipinski definition) is 1. The van der Waals surface area contributed by atoms with Crippen LogP contribution in [0.15, 0.2) is 0 Å². The molecule has 0 aromatic heterocycles. The molecule has 1 aliphatic heterocycles. The van der Waals surface area contributed by atoms with Crippen LogP contribution in [0.5, 0.6) is 0 Å². The van der Waals surface area contributed by atoms with Gasteiger partial charge in [0.15, 0.2) is 0 Å². The first-order valence-corrected chi connectivity index (χ1v) is 7.58. The second-order valence-electron chi connectivity index (χ2n) is 7.27. The van der Waals surface area contributed by atoms with Gasteiger partial charge in [-0.25, -0.2) is 0 Å². The monoisotopic (exact) mass is 253 g/mol. The molecule has 1 saturated heterocycles. The molecular weight excluding hydrogens is 222 g/mol. The zero-order chi connectivity index (χ0) is 13.3. The van der Waals surface area contributed by atoms with Crippen molar-refractivity contribution >= 4 is 0 Å². The quantitative estimate of drug-likeness (QED) is 0.814. The van der Waals surface area contributed by atoms with Gasteiger partial charge in [0.1, 0.15) is 0 Å². The molecule has 3 heteroatoms. The third kappa shape index (κ3) is 3.06. The molecule has 18 heavy (non-hydrogen) atoms. The number of piperazine rings is 1. The smallest absolute Gasteiger partial charge is 0.0195 e. The fourth-order valence-electron chi connectivity index (χ4n) is 3.76. The molecule has 2 fully saturated rings. The Hall–Kier alpha value is -0.120. The van der Waals surface area contributed by atoms with Crippen molar-refractivity contribution in [3.05, 3.63) is 0 Å². The van der Waals surface area contributed by atoms with Crippen molar-refractivity contribution in [2.75, 3.05) is 33.2 Å². The first-order chi connectivity index (χ1) is 8.40. The average molecular weight is 253 g/mol. The predicted octanol–water partition coefficient (Wildman–Crippen LogP) is 1.78. The van der Waals surface area contributed by atoms with E-state index in [9.17, 15) is 0 Å². The normalized spacial score (nSPS) is 38.8. The summed E-state index contributed by atoms with van der Waals surface area (Å²) < 4.78 is 0. The van der Waals surface area contributed by atoms with E-state index in [2.05, 4.69) is 37.6 Å². The van der Waals surface area contributed by atoms with Crippen LogP contribution in [0.25, 0.3) is 0 Å². The Labute approximate surface area is 113 Å². The van der Waals surface area contributed by atoms with Crippen LogP contribution in [-0.2, 0) is 0 Å². The first-order valence-electron chi connectivity index (χ1n) is 7.58. The molecule has 3 atom stereocenters. The molecule has 106 valence electrons. The molecule has 0 bridgehead atoms. The predicted molar refractivity (Wildman–Crippen MR) is 77.6 cm³/mol. The van der Waals surface area contributed by atoms with Gasteiger partial charge < -0.3 is 10.6 Å². The molecule has 0 aromatic carbocycles. The van der Waals surface area contributed by atoms with Crippen molar-refractivity contribution in [2.45, 2.75) is 52.1 Å². The Morgan fingerprint density at radius 3 is 2.67 bits per heavy atom. The van der Waals surface area contributed by atoms with Gasteiger partial charge in [-0.3, -0.25) is 4.90 Å². The van der Waals surface area contributed by atoms with Gasteiger partial charge in [0.2, 0.25) is 0 Å². The van der Waals surface area contributed by atoms with Gasteiger partial charge in [0.05, 0.1) is 0 Å². The minimum atomic E-state index is 0.332. The fraction of sp³-hybridized carbons (Fsp3) is 1.00. The highest BCUT2D eigenvalue weighted by Crippen LogP contribution is 2.38. The Morgan fingerprint density at radius 1 is 1.28 bits per heavy atom. The van der Waals surface area contributed by atoms with Gasteiger partial charge in [-0.2, -0.15) is 0 Å². The zero-order valence-electron chi connectivity index (χ0n) is 12.7. The lowest BCUT2D eigenvalue weighted by Crippen LogP contribution is -2.55. The van der Waals surface area contributed by atoms with E-state index in [0.29, 0.717) is 23.4 Å². The molecule has 3 unspecified atom stereocenters. The molecule has 2 N–H and O–H groups in total. The lowest BCUT2D eigenvalue weighted by Gasteiger charge is -2.46. The summed E-state index contributed by atoms with van der Waals surface area (Å²) >= 11 is 0. The maximum Gasteiger partial charge on any atom is 0.0195 e. The molecule has 1 saturated carbocycles. The van der Waals surface area contributed by atoms with Crippen LogP contribution >= 0.6 is 0 Å². The van der Waals surface area contributed by atoms with Crippen LogP contribution in [0.4, 0.5) is 0 Å². The van der Waals surface area contributed by atoms with Gasteiger partial charge in [0.25, 0.3) is 0 Å². The molecular formula is C15H31N3. The summed E-state index contributed by atoms with van der Waals surface area (Å²) in [6.45, 7) is 11.9. The van der Waals surface area contributed by atoms with Crippen molar-refractivity contribution in [3.63, 3.8) is 0 Å². The summed E-state index contributed by atoms with van der Waals surface area (Å²) in [5.74, 6) is 0.694. The number of nitrogens with zero attached hydrogens (tertiary/aromatic N) is 2. The minimum Gasteiger partial charge on any atom is -0.327 e. The van der Waals surface area contributed by atoms with Gasteiger partial charge in [0, 0.05) is 38.3 Å². The van der Waals surface area contributed by atoms with Crippen LogP contribution in [0.2, 0.25) is 0 Å². The van der Waals surface area contributed by atoms with E-state index in [1.807, 2.05) is 0 Å². The van der Waals surface area contributed by atoms with Crippen LogP contribution in [0.1, 0.15) is 40.0 Å². The van der Waals surface area contributed by atoms with E-state index >= 15 is 0 Å². The third-order valence-electron chi connectivity index (χ3n) is 5.24.